The fraction of sp³-hybridized carbons (Fsp3) is 0.143. The third-order valence-corrected chi connectivity index (χ3v) is 1.66. The van der Waals surface area contributed by atoms with E-state index in [9.17, 15) is 0 Å². The average Bonchev–Trinajstić information content (AvgIpc) is 2.05. The van der Waals surface area contributed by atoms with Crippen molar-refractivity contribution in [3.63, 3.8) is 0 Å². The molecule has 0 fully saturated rings. The molecule has 12 heavy (non-hydrogen) atoms. The summed E-state index contributed by atoms with van der Waals surface area (Å²) in [5.41, 5.74) is 0.165. The molecule has 0 saturated carbocycles. The first-order valence-corrected chi connectivity index (χ1v) is 3.52. The molecule has 1 rings (SSSR count). The number of hydrogen-bond donors (Lipinski definition) is 2. The minimum absolute atomic E-state index is 0.0109. The average molecular weight is 189 g/mol. The summed E-state index contributed by atoms with van der Waals surface area (Å²) in [5, 5.41) is 17.6. The molecule has 64 valence electrons. The molecule has 0 saturated heterocycles. The summed E-state index contributed by atoms with van der Waals surface area (Å²) in [6.45, 7) is 0. The van der Waals surface area contributed by atoms with Gasteiger partial charge in [0, 0.05) is 0 Å². The molecule has 1 aromatic rings. The Kier molecular flexibility index (Phi) is 1.86. The van der Waals surface area contributed by atoms with Gasteiger partial charge in [0.15, 0.2) is 0 Å². The molecular weight excluding hydrogens is 178 g/mol. The zero-order valence-electron chi connectivity index (χ0n) is 8.99. The van der Waals surface area contributed by atoms with Gasteiger partial charge in [0.1, 0.15) is 5.75 Å². The maximum atomic E-state index is 8.82. The SMILES string of the molecule is [2H]C([2H])([2H])Oc1ccc(B(O)O)cc1Cl. The van der Waals surface area contributed by atoms with Crippen molar-refractivity contribution in [2.45, 2.75) is 0 Å². The van der Waals surface area contributed by atoms with Crippen LogP contribution in [0, 0.1) is 0 Å². The van der Waals surface area contributed by atoms with E-state index in [4.69, 9.17) is 25.8 Å². The zero-order valence-corrected chi connectivity index (χ0v) is 6.75. The maximum Gasteiger partial charge on any atom is 0.488 e. The maximum absolute atomic E-state index is 8.82. The van der Waals surface area contributed by atoms with Crippen LogP contribution in [0.2, 0.25) is 5.02 Å². The molecule has 2 N–H and O–H groups in total. The summed E-state index contributed by atoms with van der Waals surface area (Å²) >= 11 is 5.68. The Bertz CT molecular complexity index is 356. The largest absolute Gasteiger partial charge is 0.495 e. The molecule has 3 nitrogen and oxygen atoms in total. The minimum atomic E-state index is -2.58. The number of ether oxygens (including phenoxy) is 1. The lowest BCUT2D eigenvalue weighted by molar-refractivity contribution is 0.414. The van der Waals surface area contributed by atoms with Crippen molar-refractivity contribution in [2.24, 2.45) is 0 Å². The Labute approximate surface area is 79.9 Å². The van der Waals surface area contributed by atoms with Gasteiger partial charge >= 0.3 is 7.12 Å². The fourth-order valence-electron chi connectivity index (χ4n) is 0.760. The van der Waals surface area contributed by atoms with E-state index in [1.54, 1.807) is 0 Å². The Hall–Kier alpha value is -0.705. The second kappa shape index (κ2) is 3.80. The molecule has 0 aliphatic heterocycles. The summed E-state index contributed by atoms with van der Waals surface area (Å²) < 4.78 is 25.1. The third kappa shape index (κ3) is 1.91. The van der Waals surface area contributed by atoms with E-state index in [0.717, 1.165) is 0 Å². The van der Waals surface area contributed by atoms with E-state index in [-0.39, 0.29) is 16.2 Å². The lowest BCUT2D eigenvalue weighted by Gasteiger charge is -2.04. The molecule has 0 amide bonds. The van der Waals surface area contributed by atoms with E-state index < -0.39 is 14.2 Å². The van der Waals surface area contributed by atoms with Gasteiger partial charge in [-0.3, -0.25) is 0 Å². The predicted molar refractivity (Wildman–Crippen MR) is 47.8 cm³/mol. The first-order valence-electron chi connectivity index (χ1n) is 4.64. The second-order valence-electron chi connectivity index (χ2n) is 2.17. The van der Waals surface area contributed by atoms with Crippen LogP contribution < -0.4 is 10.2 Å². The molecule has 0 radical (unpaired) electrons. The third-order valence-electron chi connectivity index (χ3n) is 1.36. The number of methoxy groups -OCH3 is 1. The number of hydrogen-bond acceptors (Lipinski definition) is 3. The lowest BCUT2D eigenvalue weighted by Crippen LogP contribution is -2.29. The van der Waals surface area contributed by atoms with Gasteiger partial charge in [0.05, 0.1) is 16.2 Å². The standard InChI is InChI=1S/C7H8BClO3/c1-12-7-3-2-5(8(10)11)4-6(7)9/h2-4,10-11H,1H3/i1D3. The highest BCUT2D eigenvalue weighted by Gasteiger charge is 2.12. The minimum Gasteiger partial charge on any atom is -0.495 e. The number of halogens is 1. The van der Waals surface area contributed by atoms with Crippen LogP contribution in [0.5, 0.6) is 5.75 Å². The summed E-state index contributed by atoms with van der Waals surface area (Å²) in [7, 11) is -4.23. The molecule has 0 bridgehead atoms. The van der Waals surface area contributed by atoms with Crippen LogP contribution in [0.3, 0.4) is 0 Å². The summed E-state index contributed by atoms with van der Waals surface area (Å²) in [6.07, 6.45) is 0. The lowest BCUT2D eigenvalue weighted by atomic mass is 9.80. The van der Waals surface area contributed by atoms with Crippen molar-refractivity contribution < 1.29 is 18.9 Å². The Morgan fingerprint density at radius 1 is 1.58 bits per heavy atom. The van der Waals surface area contributed by atoms with Gasteiger partial charge in [-0.1, -0.05) is 17.7 Å². The first kappa shape index (κ1) is 5.86. The molecule has 0 unspecified atom stereocenters. The number of benzene rings is 1. The van der Waals surface area contributed by atoms with Crippen molar-refractivity contribution in [1.82, 2.24) is 0 Å². The summed E-state index contributed by atoms with van der Waals surface area (Å²) in [5.74, 6) is -0.0268. The van der Waals surface area contributed by atoms with Gasteiger partial charge in [-0.05, 0) is 17.6 Å². The van der Waals surface area contributed by atoms with E-state index >= 15 is 0 Å². The first-order chi connectivity index (χ1) is 6.79. The van der Waals surface area contributed by atoms with Crippen molar-refractivity contribution in [3.05, 3.63) is 23.2 Å². The van der Waals surface area contributed by atoms with Gasteiger partial charge in [-0.25, -0.2) is 0 Å². The Balaban J connectivity index is 2.94. The van der Waals surface area contributed by atoms with Gasteiger partial charge in [0.25, 0.3) is 0 Å². The molecule has 0 aromatic heterocycles. The van der Waals surface area contributed by atoms with Crippen LogP contribution in [0.25, 0.3) is 0 Å². The van der Waals surface area contributed by atoms with E-state index in [1.807, 2.05) is 0 Å². The van der Waals surface area contributed by atoms with Crippen LogP contribution in [0.1, 0.15) is 4.11 Å². The topological polar surface area (TPSA) is 49.7 Å². The monoisotopic (exact) mass is 189 g/mol. The van der Waals surface area contributed by atoms with Crippen LogP contribution in [0.4, 0.5) is 0 Å². The van der Waals surface area contributed by atoms with Gasteiger partial charge < -0.3 is 14.8 Å². The predicted octanol–water partition coefficient (Wildman–Crippen LogP) is 0.0284. The molecule has 0 atom stereocenters. The van der Waals surface area contributed by atoms with E-state index in [2.05, 4.69) is 4.74 Å². The second-order valence-corrected chi connectivity index (χ2v) is 2.57. The molecular formula is C7H8BClO3. The van der Waals surface area contributed by atoms with Crippen molar-refractivity contribution in [3.8, 4) is 5.75 Å². The Morgan fingerprint density at radius 3 is 2.83 bits per heavy atom. The van der Waals surface area contributed by atoms with Gasteiger partial charge in [-0.15, -0.1) is 0 Å². The van der Waals surface area contributed by atoms with Crippen molar-refractivity contribution >= 4 is 24.2 Å². The van der Waals surface area contributed by atoms with Crippen LogP contribution in [-0.4, -0.2) is 24.2 Å². The smallest absolute Gasteiger partial charge is 0.488 e. The van der Waals surface area contributed by atoms with Gasteiger partial charge in [-0.2, -0.15) is 0 Å². The quantitative estimate of drug-likeness (QED) is 0.645. The fourth-order valence-corrected chi connectivity index (χ4v) is 0.988. The molecule has 0 spiro atoms. The summed E-state index contributed by atoms with van der Waals surface area (Å²) in [6, 6.07) is 3.81. The molecule has 0 aliphatic carbocycles. The molecule has 0 heterocycles. The molecule has 0 aliphatic rings. The van der Waals surface area contributed by atoms with Crippen LogP contribution >= 0.6 is 11.6 Å². The van der Waals surface area contributed by atoms with E-state index in [0.29, 0.717) is 0 Å². The number of rotatable bonds is 2. The van der Waals surface area contributed by atoms with Crippen molar-refractivity contribution in [2.75, 3.05) is 7.04 Å². The highest BCUT2D eigenvalue weighted by Crippen LogP contribution is 2.21. The molecule has 1 aromatic carbocycles. The van der Waals surface area contributed by atoms with Gasteiger partial charge in [0.2, 0.25) is 0 Å². The van der Waals surface area contributed by atoms with Crippen LogP contribution in [-0.2, 0) is 0 Å². The van der Waals surface area contributed by atoms with Crippen LogP contribution in [0.15, 0.2) is 18.2 Å². The van der Waals surface area contributed by atoms with Crippen molar-refractivity contribution in [1.29, 1.82) is 0 Å². The van der Waals surface area contributed by atoms with E-state index in [1.165, 1.54) is 18.2 Å². The normalized spacial score (nSPS) is 14.4. The molecule has 5 heteroatoms. The highest BCUT2D eigenvalue weighted by atomic mass is 35.5. The Morgan fingerprint density at radius 2 is 2.33 bits per heavy atom. The zero-order chi connectivity index (χ0) is 11.6. The highest BCUT2D eigenvalue weighted by molar-refractivity contribution is 6.59. The summed E-state index contributed by atoms with van der Waals surface area (Å²) in [4.78, 5) is 0.